The van der Waals surface area contributed by atoms with Crippen molar-refractivity contribution in [3.63, 3.8) is 0 Å². The number of carboxylic acid groups (broad SMARTS) is 1. The normalized spacial score (nSPS) is 21.0. The van der Waals surface area contributed by atoms with Crippen molar-refractivity contribution < 1.29 is 19.4 Å². The van der Waals surface area contributed by atoms with Gasteiger partial charge in [0.25, 0.3) is 5.91 Å². The van der Waals surface area contributed by atoms with E-state index in [1.54, 1.807) is 12.1 Å². The Morgan fingerprint density at radius 3 is 2.55 bits per heavy atom. The third-order valence-electron chi connectivity index (χ3n) is 3.75. The predicted octanol–water partition coefficient (Wildman–Crippen LogP) is 2.16. The summed E-state index contributed by atoms with van der Waals surface area (Å²) in [5, 5.41) is 11.6. The number of hydrogen-bond acceptors (Lipinski definition) is 3. The van der Waals surface area contributed by atoms with Crippen LogP contribution in [-0.2, 0) is 4.79 Å². The summed E-state index contributed by atoms with van der Waals surface area (Å²) < 4.78 is 5.74. The van der Waals surface area contributed by atoms with Crippen LogP contribution in [0.15, 0.2) is 18.2 Å². The van der Waals surface area contributed by atoms with E-state index in [9.17, 15) is 9.59 Å². The Hall–Kier alpha value is -2.04. The van der Waals surface area contributed by atoms with Crippen LogP contribution in [0.4, 0.5) is 0 Å². The molecule has 1 heterocycles. The number of aliphatic carboxylic acids is 1. The zero-order chi connectivity index (χ0) is 15.1. The summed E-state index contributed by atoms with van der Waals surface area (Å²) in [6.45, 7) is 6.89. The highest BCUT2D eigenvalue weighted by Gasteiger charge is 2.34. The van der Waals surface area contributed by atoms with Crippen molar-refractivity contribution in [2.45, 2.75) is 45.3 Å². The van der Waals surface area contributed by atoms with Gasteiger partial charge in [-0.15, -0.1) is 0 Å². The number of hydrogen-bond donors (Lipinski definition) is 2. The Morgan fingerprint density at radius 2 is 1.95 bits per heavy atom. The van der Waals surface area contributed by atoms with Crippen LogP contribution in [0.1, 0.15) is 49.5 Å². The zero-order valence-corrected chi connectivity index (χ0v) is 12.1. The molecule has 20 heavy (non-hydrogen) atoms. The van der Waals surface area contributed by atoms with Crippen LogP contribution in [0.5, 0.6) is 5.75 Å². The van der Waals surface area contributed by atoms with Gasteiger partial charge in [-0.25, -0.2) is 4.79 Å². The molecular weight excluding hydrogens is 258 g/mol. The molecule has 1 aromatic carbocycles. The van der Waals surface area contributed by atoms with Crippen LogP contribution in [-0.4, -0.2) is 28.6 Å². The molecule has 0 saturated heterocycles. The Labute approximate surface area is 117 Å². The number of benzene rings is 1. The van der Waals surface area contributed by atoms with Gasteiger partial charge < -0.3 is 15.2 Å². The van der Waals surface area contributed by atoms with Gasteiger partial charge >= 0.3 is 5.97 Å². The Bertz CT molecular complexity index is 565. The summed E-state index contributed by atoms with van der Waals surface area (Å²) in [6, 6.07) is 5.37. The molecule has 2 N–H and O–H groups in total. The lowest BCUT2D eigenvalue weighted by Gasteiger charge is -2.21. The Kier molecular flexibility index (Phi) is 3.46. The molecule has 0 aliphatic carbocycles. The minimum atomic E-state index is -1.32. The van der Waals surface area contributed by atoms with E-state index in [0.29, 0.717) is 11.3 Å². The molecule has 5 nitrogen and oxygen atoms in total. The number of nitrogens with one attached hydrogen (secondary N) is 1. The van der Waals surface area contributed by atoms with Crippen molar-refractivity contribution in [3.8, 4) is 5.75 Å². The third-order valence-corrected chi connectivity index (χ3v) is 3.75. The molecule has 2 atom stereocenters. The lowest BCUT2D eigenvalue weighted by atomic mass is 9.96. The van der Waals surface area contributed by atoms with Crippen molar-refractivity contribution in [2.24, 2.45) is 0 Å². The molecule has 1 aliphatic rings. The Morgan fingerprint density at radius 1 is 1.30 bits per heavy atom. The Balaban J connectivity index is 2.32. The lowest BCUT2D eigenvalue weighted by Crippen LogP contribution is -2.49. The van der Waals surface area contributed by atoms with E-state index in [0.717, 1.165) is 5.56 Å². The number of fused-ring (bicyclic) bond motifs is 1. The summed E-state index contributed by atoms with van der Waals surface area (Å²) >= 11 is 0. The van der Waals surface area contributed by atoms with Gasteiger partial charge in [0.05, 0.1) is 5.56 Å². The maximum atomic E-state index is 12.3. The van der Waals surface area contributed by atoms with Crippen LogP contribution in [0.2, 0.25) is 0 Å². The van der Waals surface area contributed by atoms with Gasteiger partial charge in [0.1, 0.15) is 17.4 Å². The molecular formula is C15H19NO4. The molecule has 1 amide bonds. The highest BCUT2D eigenvalue weighted by molar-refractivity contribution is 6.00. The summed E-state index contributed by atoms with van der Waals surface area (Å²) in [6.07, 6.45) is 0.00596. The maximum absolute atomic E-state index is 12.3. The van der Waals surface area contributed by atoms with E-state index < -0.39 is 17.4 Å². The van der Waals surface area contributed by atoms with Gasteiger partial charge in [0.2, 0.25) is 0 Å². The van der Waals surface area contributed by atoms with Crippen molar-refractivity contribution in [3.05, 3.63) is 29.3 Å². The molecule has 2 unspecified atom stereocenters. The molecule has 108 valence electrons. The van der Waals surface area contributed by atoms with E-state index in [1.807, 2.05) is 19.9 Å². The van der Waals surface area contributed by atoms with Gasteiger partial charge in [0, 0.05) is 11.5 Å². The van der Waals surface area contributed by atoms with Crippen LogP contribution in [0.3, 0.4) is 0 Å². The number of carbonyl (C=O) groups excluding carboxylic acids is 1. The number of rotatable bonds is 3. The number of carboxylic acids is 1. The maximum Gasteiger partial charge on any atom is 0.328 e. The van der Waals surface area contributed by atoms with Crippen LogP contribution < -0.4 is 10.1 Å². The number of amides is 1. The highest BCUT2D eigenvalue weighted by atomic mass is 16.5. The first-order chi connectivity index (χ1) is 9.24. The van der Waals surface area contributed by atoms with Gasteiger partial charge in [-0.3, -0.25) is 4.79 Å². The van der Waals surface area contributed by atoms with E-state index in [2.05, 4.69) is 5.32 Å². The van der Waals surface area contributed by atoms with Crippen LogP contribution in [0.25, 0.3) is 0 Å². The SMILES string of the molecule is CC1Oc2c(C(=O)NC(C)(C)C(=O)O)cccc2C1C. The largest absolute Gasteiger partial charge is 0.489 e. The molecule has 0 spiro atoms. The topological polar surface area (TPSA) is 75.6 Å². The first-order valence-electron chi connectivity index (χ1n) is 6.59. The second-order valence-corrected chi connectivity index (χ2v) is 5.72. The molecule has 0 aromatic heterocycles. The molecule has 0 radical (unpaired) electrons. The lowest BCUT2D eigenvalue weighted by molar-refractivity contribution is -0.143. The van der Waals surface area contributed by atoms with Crippen molar-refractivity contribution in [1.82, 2.24) is 5.32 Å². The van der Waals surface area contributed by atoms with Crippen molar-refractivity contribution >= 4 is 11.9 Å². The van der Waals surface area contributed by atoms with E-state index in [4.69, 9.17) is 9.84 Å². The molecule has 0 bridgehead atoms. The molecule has 1 aliphatic heterocycles. The minimum Gasteiger partial charge on any atom is -0.489 e. The van der Waals surface area contributed by atoms with Gasteiger partial charge in [0.15, 0.2) is 0 Å². The minimum absolute atomic E-state index is 0.00596. The molecule has 0 fully saturated rings. The zero-order valence-electron chi connectivity index (χ0n) is 12.1. The van der Waals surface area contributed by atoms with E-state index >= 15 is 0 Å². The van der Waals surface area contributed by atoms with Gasteiger partial charge in [-0.05, 0) is 26.8 Å². The first-order valence-corrected chi connectivity index (χ1v) is 6.59. The van der Waals surface area contributed by atoms with Gasteiger partial charge in [-0.2, -0.15) is 0 Å². The third kappa shape index (κ3) is 2.35. The molecule has 5 heteroatoms. The molecule has 1 aromatic rings. The summed E-state index contributed by atoms with van der Waals surface area (Å²) in [5.41, 5.74) is 0.0432. The number of carbonyl (C=O) groups is 2. The fourth-order valence-corrected chi connectivity index (χ4v) is 2.17. The standard InChI is InChI=1S/C15H19NO4/c1-8-9(2)20-12-10(8)6-5-7-11(12)13(17)16-15(3,4)14(18)19/h5-9H,1-4H3,(H,16,17)(H,18,19). The van der Waals surface area contributed by atoms with Gasteiger partial charge in [-0.1, -0.05) is 19.1 Å². The summed E-state index contributed by atoms with van der Waals surface area (Å²) in [4.78, 5) is 23.4. The smallest absolute Gasteiger partial charge is 0.328 e. The second-order valence-electron chi connectivity index (χ2n) is 5.72. The summed E-state index contributed by atoms with van der Waals surface area (Å²) in [5.74, 6) is -0.743. The monoisotopic (exact) mass is 277 g/mol. The van der Waals surface area contributed by atoms with Crippen molar-refractivity contribution in [1.29, 1.82) is 0 Å². The van der Waals surface area contributed by atoms with Crippen LogP contribution in [0, 0.1) is 0 Å². The fraction of sp³-hybridized carbons (Fsp3) is 0.467. The quantitative estimate of drug-likeness (QED) is 0.887. The number of ether oxygens (including phenoxy) is 1. The van der Waals surface area contributed by atoms with Crippen LogP contribution >= 0.6 is 0 Å². The average Bonchev–Trinajstić information content (AvgIpc) is 2.64. The summed E-state index contributed by atoms with van der Waals surface area (Å²) in [7, 11) is 0. The van der Waals surface area contributed by atoms with E-state index in [1.165, 1.54) is 13.8 Å². The van der Waals surface area contributed by atoms with Crippen molar-refractivity contribution in [2.75, 3.05) is 0 Å². The highest BCUT2D eigenvalue weighted by Crippen LogP contribution is 2.40. The van der Waals surface area contributed by atoms with E-state index in [-0.39, 0.29) is 12.0 Å². The second kappa shape index (κ2) is 4.81. The number of para-hydroxylation sites is 1. The fourth-order valence-electron chi connectivity index (χ4n) is 2.17. The molecule has 0 saturated carbocycles. The molecule has 2 rings (SSSR count). The predicted molar refractivity (Wildman–Crippen MR) is 74.1 cm³/mol. The average molecular weight is 277 g/mol. The first kappa shape index (κ1) is 14.4.